The Morgan fingerprint density at radius 1 is 1.31 bits per heavy atom. The van der Waals surface area contributed by atoms with Gasteiger partial charge < -0.3 is 14.6 Å². The summed E-state index contributed by atoms with van der Waals surface area (Å²) in [6, 6.07) is 3.46. The van der Waals surface area contributed by atoms with Crippen molar-refractivity contribution in [2.75, 3.05) is 14.2 Å². The molecule has 0 saturated heterocycles. The quantitative estimate of drug-likeness (QED) is 0.925. The van der Waals surface area contributed by atoms with Crippen molar-refractivity contribution in [3.8, 4) is 11.5 Å². The minimum atomic E-state index is -0.900. The summed E-state index contributed by atoms with van der Waals surface area (Å²) in [5, 5.41) is 8.98. The van der Waals surface area contributed by atoms with E-state index in [1.54, 1.807) is 19.1 Å². The highest BCUT2D eigenvalue weighted by atomic mass is 79.9. The summed E-state index contributed by atoms with van der Waals surface area (Å²) < 4.78 is 11.1. The highest BCUT2D eigenvalue weighted by Crippen LogP contribution is 2.40. The lowest BCUT2D eigenvalue weighted by molar-refractivity contribution is -0.138. The largest absolute Gasteiger partial charge is 0.493 e. The summed E-state index contributed by atoms with van der Waals surface area (Å²) in [6.07, 6.45) is 0. The molecular weight excluding hydrogens is 276 g/mol. The van der Waals surface area contributed by atoms with Gasteiger partial charge in [-0.2, -0.15) is 0 Å². The lowest BCUT2D eigenvalue weighted by atomic mass is 10.00. The SMILES string of the molecule is COc1c(Br)ccc(C(C)C(=O)O)c1OC. The molecular formula is C11H13BrO4. The number of halogens is 1. The molecule has 1 atom stereocenters. The Hall–Kier alpha value is -1.23. The molecule has 0 saturated carbocycles. The highest BCUT2D eigenvalue weighted by molar-refractivity contribution is 9.10. The van der Waals surface area contributed by atoms with Gasteiger partial charge in [0, 0.05) is 5.56 Å². The van der Waals surface area contributed by atoms with E-state index in [4.69, 9.17) is 14.6 Å². The second-order valence-corrected chi connectivity index (χ2v) is 4.12. The fourth-order valence-electron chi connectivity index (χ4n) is 1.43. The van der Waals surface area contributed by atoms with Crippen molar-refractivity contribution in [2.24, 2.45) is 0 Å². The number of ether oxygens (including phenoxy) is 2. The predicted octanol–water partition coefficient (Wildman–Crippen LogP) is 2.65. The monoisotopic (exact) mass is 288 g/mol. The van der Waals surface area contributed by atoms with Crippen LogP contribution in [0.2, 0.25) is 0 Å². The van der Waals surface area contributed by atoms with Gasteiger partial charge >= 0.3 is 5.97 Å². The molecule has 0 spiro atoms. The Labute approximate surface area is 102 Å². The van der Waals surface area contributed by atoms with Crippen LogP contribution in [0, 0.1) is 0 Å². The molecule has 1 rings (SSSR count). The average molecular weight is 289 g/mol. The number of carboxylic acids is 1. The Bertz CT molecular complexity index is 403. The smallest absolute Gasteiger partial charge is 0.310 e. The number of hydrogen-bond acceptors (Lipinski definition) is 3. The van der Waals surface area contributed by atoms with Crippen LogP contribution in [0.4, 0.5) is 0 Å². The number of aliphatic carboxylic acids is 1. The van der Waals surface area contributed by atoms with E-state index in [1.165, 1.54) is 14.2 Å². The van der Waals surface area contributed by atoms with Gasteiger partial charge in [-0.3, -0.25) is 4.79 Å². The first-order valence-electron chi connectivity index (χ1n) is 4.66. The first-order chi connectivity index (χ1) is 7.52. The van der Waals surface area contributed by atoms with E-state index in [2.05, 4.69) is 15.9 Å². The number of carbonyl (C=O) groups is 1. The van der Waals surface area contributed by atoms with Gasteiger partial charge in [0.25, 0.3) is 0 Å². The molecule has 0 heterocycles. The van der Waals surface area contributed by atoms with E-state index in [0.717, 1.165) is 4.47 Å². The van der Waals surface area contributed by atoms with Crippen molar-refractivity contribution >= 4 is 21.9 Å². The standard InChI is InChI=1S/C11H13BrO4/c1-6(11(13)14)7-4-5-8(12)10(16-3)9(7)15-2/h4-6H,1-3H3,(H,13,14). The van der Waals surface area contributed by atoms with Crippen molar-refractivity contribution in [2.45, 2.75) is 12.8 Å². The predicted molar refractivity (Wildman–Crippen MR) is 63.3 cm³/mol. The molecule has 1 aromatic rings. The summed E-state index contributed by atoms with van der Waals surface area (Å²) in [5.74, 6) is -0.584. The summed E-state index contributed by atoms with van der Waals surface area (Å²) in [5.41, 5.74) is 0.593. The fraction of sp³-hybridized carbons (Fsp3) is 0.364. The van der Waals surface area contributed by atoms with Crippen LogP contribution in [-0.2, 0) is 4.79 Å². The third-order valence-electron chi connectivity index (χ3n) is 2.34. The second kappa shape index (κ2) is 5.21. The van der Waals surface area contributed by atoms with Crippen LogP contribution < -0.4 is 9.47 Å². The molecule has 0 aliphatic carbocycles. The lowest BCUT2D eigenvalue weighted by Crippen LogP contribution is -2.09. The van der Waals surface area contributed by atoms with E-state index in [1.807, 2.05) is 0 Å². The van der Waals surface area contributed by atoms with Gasteiger partial charge in [-0.25, -0.2) is 0 Å². The average Bonchev–Trinajstić information content (AvgIpc) is 2.27. The van der Waals surface area contributed by atoms with Gasteiger partial charge in [-0.15, -0.1) is 0 Å². The Morgan fingerprint density at radius 3 is 2.31 bits per heavy atom. The molecule has 1 N–H and O–H groups in total. The molecule has 4 nitrogen and oxygen atoms in total. The van der Waals surface area contributed by atoms with Crippen molar-refractivity contribution in [1.82, 2.24) is 0 Å². The molecule has 0 radical (unpaired) electrons. The maximum atomic E-state index is 10.9. The van der Waals surface area contributed by atoms with Gasteiger partial charge in [0.2, 0.25) is 0 Å². The van der Waals surface area contributed by atoms with Crippen LogP contribution in [-0.4, -0.2) is 25.3 Å². The Kier molecular flexibility index (Phi) is 4.18. The van der Waals surface area contributed by atoms with Crippen LogP contribution in [0.25, 0.3) is 0 Å². The second-order valence-electron chi connectivity index (χ2n) is 3.26. The molecule has 0 fully saturated rings. The van der Waals surface area contributed by atoms with E-state index in [-0.39, 0.29) is 0 Å². The third kappa shape index (κ3) is 2.29. The molecule has 0 aromatic heterocycles. The van der Waals surface area contributed by atoms with Gasteiger partial charge in [-0.05, 0) is 28.9 Å². The normalized spacial score (nSPS) is 12.0. The number of hydrogen-bond donors (Lipinski definition) is 1. The van der Waals surface area contributed by atoms with Gasteiger partial charge in [0.05, 0.1) is 24.6 Å². The molecule has 16 heavy (non-hydrogen) atoms. The Morgan fingerprint density at radius 2 is 1.88 bits per heavy atom. The van der Waals surface area contributed by atoms with Crippen molar-refractivity contribution in [3.63, 3.8) is 0 Å². The van der Waals surface area contributed by atoms with Crippen molar-refractivity contribution < 1.29 is 19.4 Å². The van der Waals surface area contributed by atoms with E-state index < -0.39 is 11.9 Å². The minimum Gasteiger partial charge on any atom is -0.493 e. The molecule has 0 aliphatic heterocycles. The number of rotatable bonds is 4. The molecule has 88 valence electrons. The zero-order valence-corrected chi connectivity index (χ0v) is 10.9. The topological polar surface area (TPSA) is 55.8 Å². The molecule has 1 aromatic carbocycles. The Balaban J connectivity index is 3.35. The molecule has 0 bridgehead atoms. The van der Waals surface area contributed by atoms with E-state index in [0.29, 0.717) is 17.1 Å². The number of methoxy groups -OCH3 is 2. The summed E-state index contributed by atoms with van der Waals surface area (Å²) in [6.45, 7) is 1.60. The summed E-state index contributed by atoms with van der Waals surface area (Å²) in [7, 11) is 3.00. The highest BCUT2D eigenvalue weighted by Gasteiger charge is 2.22. The maximum absolute atomic E-state index is 10.9. The van der Waals surface area contributed by atoms with Gasteiger partial charge in [0.1, 0.15) is 0 Å². The molecule has 0 aliphatic rings. The maximum Gasteiger partial charge on any atom is 0.310 e. The molecule has 5 heteroatoms. The van der Waals surface area contributed by atoms with E-state index in [9.17, 15) is 4.79 Å². The van der Waals surface area contributed by atoms with Crippen LogP contribution >= 0.6 is 15.9 Å². The van der Waals surface area contributed by atoms with Crippen LogP contribution in [0.15, 0.2) is 16.6 Å². The van der Waals surface area contributed by atoms with Crippen LogP contribution in [0.1, 0.15) is 18.4 Å². The number of benzene rings is 1. The van der Waals surface area contributed by atoms with Crippen molar-refractivity contribution in [1.29, 1.82) is 0 Å². The summed E-state index contributed by atoms with van der Waals surface area (Å²) in [4.78, 5) is 10.9. The molecule has 1 unspecified atom stereocenters. The lowest BCUT2D eigenvalue weighted by Gasteiger charge is -2.16. The van der Waals surface area contributed by atoms with Crippen LogP contribution in [0.5, 0.6) is 11.5 Å². The van der Waals surface area contributed by atoms with Crippen LogP contribution in [0.3, 0.4) is 0 Å². The minimum absolute atomic E-state index is 0.451. The first-order valence-corrected chi connectivity index (χ1v) is 5.45. The van der Waals surface area contributed by atoms with E-state index >= 15 is 0 Å². The molecule has 0 amide bonds. The van der Waals surface area contributed by atoms with Gasteiger partial charge in [-0.1, -0.05) is 6.07 Å². The first kappa shape index (κ1) is 12.8. The van der Waals surface area contributed by atoms with Gasteiger partial charge in [0.15, 0.2) is 11.5 Å². The zero-order valence-electron chi connectivity index (χ0n) is 9.28. The fourth-order valence-corrected chi connectivity index (χ4v) is 1.90. The van der Waals surface area contributed by atoms with Crippen molar-refractivity contribution in [3.05, 3.63) is 22.2 Å². The zero-order chi connectivity index (χ0) is 12.3. The summed E-state index contributed by atoms with van der Waals surface area (Å²) >= 11 is 3.32. The third-order valence-corrected chi connectivity index (χ3v) is 2.96. The number of carboxylic acid groups (broad SMARTS) is 1.